The molecule has 0 saturated carbocycles. The van der Waals surface area contributed by atoms with Crippen LogP contribution in [0.25, 0.3) is 0 Å². The zero-order valence-electron chi connectivity index (χ0n) is 6.27. The third kappa shape index (κ3) is 1.37. The van der Waals surface area contributed by atoms with Crippen molar-refractivity contribution in [2.24, 2.45) is 0 Å². The summed E-state index contributed by atoms with van der Waals surface area (Å²) in [5, 5.41) is 16.9. The van der Waals surface area contributed by atoms with Crippen LogP contribution in [0, 0.1) is 18.3 Å². The molecule has 60 valence electrons. The molecule has 12 heavy (non-hydrogen) atoms. The molecule has 0 aliphatic carbocycles. The van der Waals surface area contributed by atoms with E-state index in [1.165, 1.54) is 6.92 Å². The van der Waals surface area contributed by atoms with Crippen molar-refractivity contribution in [1.29, 1.82) is 5.26 Å². The summed E-state index contributed by atoms with van der Waals surface area (Å²) < 4.78 is 0. The maximum absolute atomic E-state index is 10.5. The third-order valence-corrected chi connectivity index (χ3v) is 1.31. The number of aromatic carboxylic acids is 1. The number of carbonyl (C=O) groups is 1. The Labute approximate surface area is 68.3 Å². The predicted molar refractivity (Wildman–Crippen MR) is 38.4 cm³/mol. The van der Waals surface area contributed by atoms with E-state index in [2.05, 4.69) is 9.97 Å². The van der Waals surface area contributed by atoms with Gasteiger partial charge in [-0.05, 0) is 6.92 Å². The SMILES string of the molecule is Cc1nc(C#N)ncc1C(=O)O. The molecular formula is C7H5N3O2. The number of rotatable bonds is 1. The number of hydrogen-bond donors (Lipinski definition) is 1. The van der Waals surface area contributed by atoms with E-state index in [0.717, 1.165) is 6.20 Å². The number of nitriles is 1. The zero-order chi connectivity index (χ0) is 9.14. The summed E-state index contributed by atoms with van der Waals surface area (Å²) in [7, 11) is 0. The molecule has 0 radical (unpaired) electrons. The number of hydrogen-bond acceptors (Lipinski definition) is 4. The average molecular weight is 163 g/mol. The molecule has 0 atom stereocenters. The molecule has 1 heterocycles. The molecule has 0 unspecified atom stereocenters. The molecule has 0 aromatic carbocycles. The summed E-state index contributed by atoms with van der Waals surface area (Å²) in [6.45, 7) is 1.52. The smallest absolute Gasteiger partial charge is 0.339 e. The molecule has 0 saturated heterocycles. The summed E-state index contributed by atoms with van der Waals surface area (Å²) in [6.07, 6.45) is 1.13. The van der Waals surface area contributed by atoms with Gasteiger partial charge < -0.3 is 5.11 Å². The molecule has 0 spiro atoms. The van der Waals surface area contributed by atoms with Gasteiger partial charge in [-0.1, -0.05) is 0 Å². The van der Waals surface area contributed by atoms with Gasteiger partial charge >= 0.3 is 5.97 Å². The Balaban J connectivity index is 3.23. The molecule has 5 nitrogen and oxygen atoms in total. The highest BCUT2D eigenvalue weighted by molar-refractivity contribution is 5.88. The molecule has 1 aromatic heterocycles. The topological polar surface area (TPSA) is 86.9 Å². The summed E-state index contributed by atoms with van der Waals surface area (Å²) in [4.78, 5) is 17.6. The van der Waals surface area contributed by atoms with Gasteiger partial charge in [0, 0.05) is 6.20 Å². The van der Waals surface area contributed by atoms with Crippen LogP contribution in [0.2, 0.25) is 0 Å². The maximum Gasteiger partial charge on any atom is 0.339 e. The molecule has 0 aliphatic rings. The van der Waals surface area contributed by atoms with Crippen molar-refractivity contribution >= 4 is 5.97 Å². The Bertz CT molecular complexity index is 367. The minimum Gasteiger partial charge on any atom is -0.478 e. The summed E-state index contributed by atoms with van der Waals surface area (Å²) in [5.41, 5.74) is 0.322. The van der Waals surface area contributed by atoms with E-state index >= 15 is 0 Å². The predicted octanol–water partition coefficient (Wildman–Crippen LogP) is 0.355. The largest absolute Gasteiger partial charge is 0.478 e. The van der Waals surface area contributed by atoms with Gasteiger partial charge in [-0.2, -0.15) is 5.26 Å². The fourth-order valence-corrected chi connectivity index (χ4v) is 0.731. The van der Waals surface area contributed by atoms with E-state index in [1.807, 2.05) is 0 Å². The van der Waals surface area contributed by atoms with Crippen LogP contribution >= 0.6 is 0 Å². The lowest BCUT2D eigenvalue weighted by Crippen LogP contribution is -2.04. The lowest BCUT2D eigenvalue weighted by atomic mass is 10.2. The second kappa shape index (κ2) is 2.96. The molecule has 0 amide bonds. The first-order valence-electron chi connectivity index (χ1n) is 3.12. The molecule has 1 N–H and O–H groups in total. The van der Waals surface area contributed by atoms with Gasteiger partial charge in [-0.15, -0.1) is 0 Å². The number of aromatic nitrogens is 2. The van der Waals surface area contributed by atoms with Crippen molar-refractivity contribution < 1.29 is 9.90 Å². The van der Waals surface area contributed by atoms with Crippen molar-refractivity contribution in [3.8, 4) is 6.07 Å². The second-order valence-corrected chi connectivity index (χ2v) is 2.11. The van der Waals surface area contributed by atoms with Crippen LogP contribution in [0.5, 0.6) is 0 Å². The second-order valence-electron chi connectivity index (χ2n) is 2.11. The van der Waals surface area contributed by atoms with Gasteiger partial charge in [0.2, 0.25) is 5.82 Å². The molecular weight excluding hydrogens is 158 g/mol. The van der Waals surface area contributed by atoms with Crippen LogP contribution in [0.4, 0.5) is 0 Å². The first-order chi connectivity index (χ1) is 5.65. The van der Waals surface area contributed by atoms with Gasteiger partial charge in [0.25, 0.3) is 0 Å². The Kier molecular flexibility index (Phi) is 2.01. The highest BCUT2D eigenvalue weighted by Gasteiger charge is 2.08. The highest BCUT2D eigenvalue weighted by Crippen LogP contribution is 2.02. The molecule has 5 heteroatoms. The summed E-state index contributed by atoms with van der Waals surface area (Å²) in [5.74, 6) is -1.10. The van der Waals surface area contributed by atoms with Crippen LogP contribution < -0.4 is 0 Å². The van der Waals surface area contributed by atoms with Crippen LogP contribution in [0.1, 0.15) is 21.9 Å². The Morgan fingerprint density at radius 2 is 2.42 bits per heavy atom. The van der Waals surface area contributed by atoms with Gasteiger partial charge in [-0.25, -0.2) is 14.8 Å². The van der Waals surface area contributed by atoms with E-state index < -0.39 is 5.97 Å². The molecule has 0 aliphatic heterocycles. The normalized spacial score (nSPS) is 9.00. The quantitative estimate of drug-likeness (QED) is 0.645. The van der Waals surface area contributed by atoms with Gasteiger partial charge in [0.15, 0.2) is 0 Å². The van der Waals surface area contributed by atoms with Crippen LogP contribution in [0.15, 0.2) is 6.20 Å². The lowest BCUT2D eigenvalue weighted by molar-refractivity contribution is 0.0695. The standard InChI is InChI=1S/C7H5N3O2/c1-4-5(7(11)12)3-9-6(2-8)10-4/h3H,1H3,(H,11,12). The van der Waals surface area contributed by atoms with E-state index in [9.17, 15) is 4.79 Å². The van der Waals surface area contributed by atoms with Crippen LogP contribution in [0.3, 0.4) is 0 Å². The Hall–Kier alpha value is -1.96. The molecule has 0 fully saturated rings. The number of carboxylic acid groups (broad SMARTS) is 1. The van der Waals surface area contributed by atoms with Gasteiger partial charge in [0.1, 0.15) is 6.07 Å². The first kappa shape index (κ1) is 8.14. The molecule has 0 bridgehead atoms. The van der Waals surface area contributed by atoms with Gasteiger partial charge in [-0.3, -0.25) is 0 Å². The van der Waals surface area contributed by atoms with E-state index in [1.54, 1.807) is 6.07 Å². The number of carboxylic acids is 1. The minimum atomic E-state index is -1.09. The minimum absolute atomic E-state index is 0.0162. The van der Waals surface area contributed by atoms with Crippen molar-refractivity contribution in [2.45, 2.75) is 6.92 Å². The first-order valence-corrected chi connectivity index (χ1v) is 3.12. The molecule has 1 aromatic rings. The zero-order valence-corrected chi connectivity index (χ0v) is 6.27. The average Bonchev–Trinajstić information content (AvgIpc) is 2.03. The lowest BCUT2D eigenvalue weighted by Gasteiger charge is -1.96. The third-order valence-electron chi connectivity index (χ3n) is 1.31. The van der Waals surface area contributed by atoms with E-state index in [0.29, 0.717) is 5.69 Å². The van der Waals surface area contributed by atoms with Crippen LogP contribution in [-0.4, -0.2) is 21.0 Å². The number of aryl methyl sites for hydroxylation is 1. The summed E-state index contributed by atoms with van der Waals surface area (Å²) in [6, 6.07) is 1.72. The van der Waals surface area contributed by atoms with Crippen molar-refractivity contribution in [3.05, 3.63) is 23.3 Å². The highest BCUT2D eigenvalue weighted by atomic mass is 16.4. The van der Waals surface area contributed by atoms with Crippen molar-refractivity contribution in [3.63, 3.8) is 0 Å². The monoisotopic (exact) mass is 163 g/mol. The number of nitrogens with zero attached hydrogens (tertiary/aromatic N) is 3. The van der Waals surface area contributed by atoms with Crippen molar-refractivity contribution in [2.75, 3.05) is 0 Å². The Morgan fingerprint density at radius 1 is 1.75 bits per heavy atom. The van der Waals surface area contributed by atoms with Crippen LogP contribution in [-0.2, 0) is 0 Å². The summed E-state index contributed by atoms with van der Waals surface area (Å²) >= 11 is 0. The molecule has 1 rings (SSSR count). The van der Waals surface area contributed by atoms with Crippen molar-refractivity contribution in [1.82, 2.24) is 9.97 Å². The van der Waals surface area contributed by atoms with E-state index in [-0.39, 0.29) is 11.4 Å². The van der Waals surface area contributed by atoms with Gasteiger partial charge in [0.05, 0.1) is 11.3 Å². The fraction of sp³-hybridized carbons (Fsp3) is 0.143. The maximum atomic E-state index is 10.5. The van der Waals surface area contributed by atoms with E-state index in [4.69, 9.17) is 10.4 Å². The fourth-order valence-electron chi connectivity index (χ4n) is 0.731. The Morgan fingerprint density at radius 3 is 2.83 bits per heavy atom.